The molecular formula is C19H23N3O3. The second-order valence-electron chi connectivity index (χ2n) is 6.33. The van der Waals surface area contributed by atoms with Crippen molar-refractivity contribution in [2.24, 2.45) is 5.92 Å². The van der Waals surface area contributed by atoms with E-state index in [2.05, 4.69) is 10.3 Å². The number of nitrogens with one attached hydrogen (secondary N) is 1. The summed E-state index contributed by atoms with van der Waals surface area (Å²) in [5.74, 6) is -0.0838. The Morgan fingerprint density at radius 3 is 2.88 bits per heavy atom. The van der Waals surface area contributed by atoms with E-state index in [0.29, 0.717) is 30.6 Å². The average molecular weight is 341 g/mol. The molecule has 3 rings (SSSR count). The molecule has 0 unspecified atom stereocenters. The lowest BCUT2D eigenvalue weighted by Crippen LogP contribution is -2.48. The number of benzene rings is 1. The van der Waals surface area contributed by atoms with Crippen LogP contribution in [0.1, 0.15) is 23.2 Å². The molecule has 0 saturated carbocycles. The van der Waals surface area contributed by atoms with E-state index in [1.165, 1.54) is 0 Å². The summed E-state index contributed by atoms with van der Waals surface area (Å²) in [6.07, 6.45) is 2.77. The van der Waals surface area contributed by atoms with Crippen molar-refractivity contribution in [1.29, 1.82) is 0 Å². The number of amides is 2. The Morgan fingerprint density at radius 2 is 2.12 bits per heavy atom. The number of methoxy groups -OCH3 is 1. The number of ether oxygens (including phenoxy) is 1. The number of hydrogen-bond acceptors (Lipinski definition) is 4. The molecule has 1 aromatic heterocycles. The molecule has 1 aromatic carbocycles. The lowest BCUT2D eigenvalue weighted by Gasteiger charge is -2.37. The molecule has 6 heteroatoms. The third-order valence-electron chi connectivity index (χ3n) is 4.84. The van der Waals surface area contributed by atoms with Crippen molar-refractivity contribution in [2.45, 2.75) is 18.9 Å². The molecule has 2 heterocycles. The molecule has 0 bridgehead atoms. The first-order valence-electron chi connectivity index (χ1n) is 8.50. The van der Waals surface area contributed by atoms with Gasteiger partial charge in [0, 0.05) is 51.2 Å². The van der Waals surface area contributed by atoms with Crippen LogP contribution in [0, 0.1) is 5.92 Å². The third-order valence-corrected chi connectivity index (χ3v) is 4.84. The van der Waals surface area contributed by atoms with Gasteiger partial charge in [-0.1, -0.05) is 18.2 Å². The lowest BCUT2D eigenvalue weighted by molar-refractivity contribution is -0.123. The van der Waals surface area contributed by atoms with Gasteiger partial charge in [-0.2, -0.15) is 0 Å². The van der Waals surface area contributed by atoms with Gasteiger partial charge >= 0.3 is 0 Å². The zero-order chi connectivity index (χ0) is 17.8. The first-order valence-corrected chi connectivity index (χ1v) is 8.50. The fourth-order valence-electron chi connectivity index (χ4n) is 3.49. The van der Waals surface area contributed by atoms with Gasteiger partial charge in [0.1, 0.15) is 0 Å². The highest BCUT2D eigenvalue weighted by Gasteiger charge is 2.33. The van der Waals surface area contributed by atoms with Crippen LogP contribution in [0.3, 0.4) is 0 Å². The lowest BCUT2D eigenvalue weighted by atomic mass is 9.90. The van der Waals surface area contributed by atoms with Crippen LogP contribution in [0.25, 0.3) is 10.9 Å². The summed E-state index contributed by atoms with van der Waals surface area (Å²) < 4.78 is 5.52. The number of hydrogen-bond donors (Lipinski definition) is 1. The highest BCUT2D eigenvalue weighted by atomic mass is 16.5. The van der Waals surface area contributed by atoms with Gasteiger partial charge in [0.15, 0.2) is 0 Å². The van der Waals surface area contributed by atoms with Crippen molar-refractivity contribution in [1.82, 2.24) is 15.2 Å². The number of carbonyl (C=O) groups is 2. The van der Waals surface area contributed by atoms with E-state index in [1.54, 1.807) is 20.4 Å². The SMILES string of the molecule is CNC(=O)C[C@@H]1CN(C(=O)c2cccc3cccnc23)CC[C@H]1OC. The molecule has 1 saturated heterocycles. The van der Waals surface area contributed by atoms with Crippen molar-refractivity contribution in [3.63, 3.8) is 0 Å². The van der Waals surface area contributed by atoms with Gasteiger partial charge in [-0.25, -0.2) is 0 Å². The molecule has 2 amide bonds. The first kappa shape index (κ1) is 17.4. The van der Waals surface area contributed by atoms with E-state index >= 15 is 0 Å². The normalized spacial score (nSPS) is 20.5. The standard InChI is InChI=1S/C19H23N3O3/c1-20-17(23)11-14-12-22(10-8-16(14)25-2)19(24)15-7-3-5-13-6-4-9-21-18(13)15/h3-7,9,14,16H,8,10-12H2,1-2H3,(H,20,23)/t14-,16-/m1/s1. The average Bonchev–Trinajstić information content (AvgIpc) is 2.66. The summed E-state index contributed by atoms with van der Waals surface area (Å²) in [7, 11) is 3.28. The number of fused-ring (bicyclic) bond motifs is 1. The molecule has 1 N–H and O–H groups in total. The molecule has 1 fully saturated rings. The van der Waals surface area contributed by atoms with Crippen LogP contribution in [0.2, 0.25) is 0 Å². The molecular weight excluding hydrogens is 318 g/mol. The summed E-state index contributed by atoms with van der Waals surface area (Å²) in [5, 5.41) is 3.60. The monoisotopic (exact) mass is 341 g/mol. The van der Waals surface area contributed by atoms with Gasteiger partial charge in [-0.3, -0.25) is 14.6 Å². The zero-order valence-corrected chi connectivity index (χ0v) is 14.6. The Hall–Kier alpha value is -2.47. The molecule has 1 aliphatic rings. The molecule has 0 aliphatic carbocycles. The van der Waals surface area contributed by atoms with Crippen LogP contribution in [-0.2, 0) is 9.53 Å². The smallest absolute Gasteiger partial charge is 0.256 e. The van der Waals surface area contributed by atoms with Crippen LogP contribution in [0.4, 0.5) is 0 Å². The highest BCUT2D eigenvalue weighted by Crippen LogP contribution is 2.25. The van der Waals surface area contributed by atoms with Crippen molar-refractivity contribution in [3.05, 3.63) is 42.1 Å². The van der Waals surface area contributed by atoms with E-state index in [0.717, 1.165) is 11.8 Å². The van der Waals surface area contributed by atoms with Crippen LogP contribution >= 0.6 is 0 Å². The zero-order valence-electron chi connectivity index (χ0n) is 14.6. The quantitative estimate of drug-likeness (QED) is 0.921. The molecule has 25 heavy (non-hydrogen) atoms. The number of piperidine rings is 1. The van der Waals surface area contributed by atoms with E-state index in [-0.39, 0.29) is 23.8 Å². The Morgan fingerprint density at radius 1 is 1.32 bits per heavy atom. The van der Waals surface area contributed by atoms with Gasteiger partial charge in [0.2, 0.25) is 5.91 Å². The van der Waals surface area contributed by atoms with Crippen molar-refractivity contribution in [3.8, 4) is 0 Å². The number of para-hydroxylation sites is 1. The maximum atomic E-state index is 13.1. The predicted molar refractivity (Wildman–Crippen MR) is 95.2 cm³/mol. The van der Waals surface area contributed by atoms with Crippen LogP contribution in [0.5, 0.6) is 0 Å². The minimum Gasteiger partial charge on any atom is -0.381 e. The van der Waals surface area contributed by atoms with Gasteiger partial charge < -0.3 is 15.0 Å². The van der Waals surface area contributed by atoms with Gasteiger partial charge in [0.25, 0.3) is 5.91 Å². The number of pyridine rings is 1. The summed E-state index contributed by atoms with van der Waals surface area (Å²) in [5.41, 5.74) is 1.32. The van der Waals surface area contributed by atoms with Crippen molar-refractivity contribution in [2.75, 3.05) is 27.2 Å². The number of likely N-dealkylation sites (tertiary alicyclic amines) is 1. The Labute approximate surface area is 147 Å². The molecule has 0 spiro atoms. The maximum Gasteiger partial charge on any atom is 0.256 e. The number of carbonyl (C=O) groups excluding carboxylic acids is 2. The summed E-state index contributed by atoms with van der Waals surface area (Å²) in [4.78, 5) is 31.0. The predicted octanol–water partition coefficient (Wildman–Crippen LogP) is 1.85. The minimum atomic E-state index is -0.0410. The van der Waals surface area contributed by atoms with Crippen LogP contribution < -0.4 is 5.32 Å². The van der Waals surface area contributed by atoms with Gasteiger partial charge in [-0.05, 0) is 18.6 Å². The third kappa shape index (κ3) is 3.64. The molecule has 132 valence electrons. The molecule has 6 nitrogen and oxygen atoms in total. The van der Waals surface area contributed by atoms with E-state index in [9.17, 15) is 9.59 Å². The Balaban J connectivity index is 1.83. The highest BCUT2D eigenvalue weighted by molar-refractivity contribution is 6.05. The van der Waals surface area contributed by atoms with E-state index in [4.69, 9.17) is 4.74 Å². The Bertz CT molecular complexity index is 772. The van der Waals surface area contributed by atoms with Crippen molar-refractivity contribution < 1.29 is 14.3 Å². The number of nitrogens with zero attached hydrogens (tertiary/aromatic N) is 2. The summed E-state index contributed by atoms with van der Waals surface area (Å²) in [6.45, 7) is 1.12. The first-order chi connectivity index (χ1) is 12.1. The van der Waals surface area contributed by atoms with E-state index in [1.807, 2.05) is 35.2 Å². The molecule has 2 aromatic rings. The van der Waals surface area contributed by atoms with Crippen molar-refractivity contribution >= 4 is 22.7 Å². The fourth-order valence-corrected chi connectivity index (χ4v) is 3.49. The Kier molecular flexibility index (Phi) is 5.28. The number of rotatable bonds is 4. The molecule has 0 radical (unpaired) electrons. The second kappa shape index (κ2) is 7.61. The van der Waals surface area contributed by atoms with Crippen LogP contribution in [-0.4, -0.2) is 55.0 Å². The van der Waals surface area contributed by atoms with Gasteiger partial charge in [-0.15, -0.1) is 0 Å². The van der Waals surface area contributed by atoms with Gasteiger partial charge in [0.05, 0.1) is 17.2 Å². The minimum absolute atomic E-state index is 0.00741. The van der Waals surface area contributed by atoms with E-state index < -0.39 is 0 Å². The molecule has 2 atom stereocenters. The summed E-state index contributed by atoms with van der Waals surface area (Å²) in [6, 6.07) is 9.45. The topological polar surface area (TPSA) is 71.5 Å². The molecule has 1 aliphatic heterocycles. The van der Waals surface area contributed by atoms with Crippen LogP contribution in [0.15, 0.2) is 36.5 Å². The second-order valence-corrected chi connectivity index (χ2v) is 6.33. The summed E-state index contributed by atoms with van der Waals surface area (Å²) >= 11 is 0. The largest absolute Gasteiger partial charge is 0.381 e. The number of aromatic nitrogens is 1. The fraction of sp³-hybridized carbons (Fsp3) is 0.421. The maximum absolute atomic E-state index is 13.1.